The molecule has 25 heavy (non-hydrogen) atoms. The van der Waals surface area contributed by atoms with Crippen LogP contribution < -0.4 is 10.0 Å². The number of carboxylic acid groups (broad SMARTS) is 1. The maximum atomic E-state index is 12.1. The molecule has 2 aromatic rings. The van der Waals surface area contributed by atoms with E-state index in [0.717, 1.165) is 16.9 Å². The fraction of sp³-hybridized carbons (Fsp3) is 0.250. The SMILES string of the molecule is CC(NS(=O)(=O)c1cccs1)C(=O)Nc1ccc(CCC(=O)O)cc1. The lowest BCUT2D eigenvalue weighted by Gasteiger charge is -2.14. The molecule has 3 N–H and O–H groups in total. The maximum Gasteiger partial charge on any atom is 0.303 e. The van der Waals surface area contributed by atoms with E-state index in [0.29, 0.717) is 12.1 Å². The van der Waals surface area contributed by atoms with Gasteiger partial charge in [0.05, 0.1) is 6.04 Å². The lowest BCUT2D eigenvalue weighted by Crippen LogP contribution is -2.41. The fourth-order valence-corrected chi connectivity index (χ4v) is 4.23. The number of anilines is 1. The number of carbonyl (C=O) groups is 2. The molecule has 0 bridgehead atoms. The molecule has 0 radical (unpaired) electrons. The maximum absolute atomic E-state index is 12.1. The van der Waals surface area contributed by atoms with E-state index < -0.39 is 27.9 Å². The third-order valence-electron chi connectivity index (χ3n) is 3.33. The van der Waals surface area contributed by atoms with E-state index in [1.54, 1.807) is 35.7 Å². The standard InChI is InChI=1S/C16H18N2O5S2/c1-11(18-25(22,23)15-3-2-10-24-15)16(21)17-13-7-4-12(5-8-13)6-9-14(19)20/h2-5,7-8,10-11,18H,6,9H2,1H3,(H,17,21)(H,19,20). The molecule has 2 rings (SSSR count). The second-order valence-corrected chi connectivity index (χ2v) is 8.24. The average Bonchev–Trinajstić information content (AvgIpc) is 3.09. The van der Waals surface area contributed by atoms with Crippen molar-refractivity contribution in [3.05, 3.63) is 47.3 Å². The topological polar surface area (TPSA) is 113 Å². The van der Waals surface area contributed by atoms with Crippen LogP contribution in [0.3, 0.4) is 0 Å². The Morgan fingerprint density at radius 1 is 1.20 bits per heavy atom. The van der Waals surface area contributed by atoms with Crippen LogP contribution in [0.4, 0.5) is 5.69 Å². The van der Waals surface area contributed by atoms with Gasteiger partial charge in [-0.15, -0.1) is 11.3 Å². The molecule has 1 aromatic carbocycles. The van der Waals surface area contributed by atoms with Gasteiger partial charge in [-0.3, -0.25) is 9.59 Å². The highest BCUT2D eigenvalue weighted by molar-refractivity contribution is 7.91. The van der Waals surface area contributed by atoms with Crippen molar-refractivity contribution < 1.29 is 23.1 Å². The zero-order valence-corrected chi connectivity index (χ0v) is 15.1. The number of sulfonamides is 1. The van der Waals surface area contributed by atoms with E-state index in [-0.39, 0.29) is 10.6 Å². The van der Waals surface area contributed by atoms with Gasteiger partial charge in [-0.2, -0.15) is 4.72 Å². The fourth-order valence-electron chi connectivity index (χ4n) is 2.02. The van der Waals surface area contributed by atoms with Crippen LogP contribution in [-0.4, -0.2) is 31.4 Å². The van der Waals surface area contributed by atoms with Crippen molar-refractivity contribution in [3.8, 4) is 0 Å². The Bertz CT molecular complexity index is 830. The second-order valence-electron chi connectivity index (χ2n) is 5.35. The van der Waals surface area contributed by atoms with Gasteiger partial charge in [-0.25, -0.2) is 8.42 Å². The highest BCUT2D eigenvalue weighted by Crippen LogP contribution is 2.16. The second kappa shape index (κ2) is 8.24. The van der Waals surface area contributed by atoms with Crippen molar-refractivity contribution in [1.29, 1.82) is 0 Å². The zero-order valence-electron chi connectivity index (χ0n) is 13.4. The molecule has 134 valence electrons. The summed E-state index contributed by atoms with van der Waals surface area (Å²) in [6, 6.07) is 8.88. The van der Waals surface area contributed by atoms with E-state index in [1.165, 1.54) is 13.0 Å². The molecular weight excluding hydrogens is 364 g/mol. The number of carbonyl (C=O) groups excluding carboxylic acids is 1. The summed E-state index contributed by atoms with van der Waals surface area (Å²) in [5.41, 5.74) is 1.35. The molecule has 1 amide bonds. The van der Waals surface area contributed by atoms with Crippen LogP contribution in [0.25, 0.3) is 0 Å². The highest BCUT2D eigenvalue weighted by Gasteiger charge is 2.22. The first-order chi connectivity index (χ1) is 11.8. The minimum absolute atomic E-state index is 0.0350. The van der Waals surface area contributed by atoms with Crippen molar-refractivity contribution in [2.75, 3.05) is 5.32 Å². The van der Waals surface area contributed by atoms with E-state index >= 15 is 0 Å². The van der Waals surface area contributed by atoms with E-state index in [2.05, 4.69) is 10.0 Å². The average molecular weight is 382 g/mol. The molecule has 0 saturated carbocycles. The summed E-state index contributed by atoms with van der Waals surface area (Å²) in [5.74, 6) is -1.36. The summed E-state index contributed by atoms with van der Waals surface area (Å²) in [5, 5.41) is 12.9. The van der Waals surface area contributed by atoms with Crippen molar-refractivity contribution in [2.24, 2.45) is 0 Å². The molecule has 1 heterocycles. The quantitative estimate of drug-likeness (QED) is 0.647. The van der Waals surface area contributed by atoms with Gasteiger partial charge in [0.2, 0.25) is 5.91 Å². The van der Waals surface area contributed by atoms with Crippen molar-refractivity contribution in [3.63, 3.8) is 0 Å². The first kappa shape index (κ1) is 19.1. The molecule has 0 saturated heterocycles. The number of benzene rings is 1. The number of thiophene rings is 1. The Morgan fingerprint density at radius 2 is 1.88 bits per heavy atom. The van der Waals surface area contributed by atoms with Gasteiger partial charge in [-0.05, 0) is 42.5 Å². The minimum Gasteiger partial charge on any atom is -0.481 e. The summed E-state index contributed by atoms with van der Waals surface area (Å²) >= 11 is 1.07. The Morgan fingerprint density at radius 3 is 2.44 bits per heavy atom. The van der Waals surface area contributed by atoms with Crippen LogP contribution in [-0.2, 0) is 26.0 Å². The molecule has 1 aromatic heterocycles. The van der Waals surface area contributed by atoms with Crippen molar-refractivity contribution >= 4 is 38.9 Å². The zero-order chi connectivity index (χ0) is 18.4. The third-order valence-corrected chi connectivity index (χ3v) is 6.27. The van der Waals surface area contributed by atoms with Gasteiger partial charge in [0.25, 0.3) is 10.0 Å². The van der Waals surface area contributed by atoms with E-state index in [1.807, 2.05) is 0 Å². The normalized spacial score (nSPS) is 12.5. The highest BCUT2D eigenvalue weighted by atomic mass is 32.2. The molecule has 0 spiro atoms. The van der Waals surface area contributed by atoms with Gasteiger partial charge < -0.3 is 10.4 Å². The molecule has 9 heteroatoms. The smallest absolute Gasteiger partial charge is 0.303 e. The Kier molecular flexibility index (Phi) is 6.29. The lowest BCUT2D eigenvalue weighted by molar-refractivity contribution is -0.137. The third kappa shape index (κ3) is 5.66. The van der Waals surface area contributed by atoms with Crippen LogP contribution >= 0.6 is 11.3 Å². The number of amides is 1. The van der Waals surface area contributed by atoms with Gasteiger partial charge in [-0.1, -0.05) is 18.2 Å². The number of aliphatic carboxylic acids is 1. The van der Waals surface area contributed by atoms with Crippen LogP contribution in [0, 0.1) is 0 Å². The lowest BCUT2D eigenvalue weighted by atomic mass is 10.1. The summed E-state index contributed by atoms with van der Waals surface area (Å²) in [6.07, 6.45) is 0.438. The van der Waals surface area contributed by atoms with Gasteiger partial charge in [0, 0.05) is 12.1 Å². The van der Waals surface area contributed by atoms with Crippen LogP contribution in [0.15, 0.2) is 46.0 Å². The molecule has 0 aliphatic heterocycles. The molecule has 0 aliphatic carbocycles. The number of rotatable bonds is 8. The molecule has 7 nitrogen and oxygen atoms in total. The molecular formula is C16H18N2O5S2. The number of nitrogens with one attached hydrogen (secondary N) is 2. The molecule has 0 aliphatic rings. The summed E-state index contributed by atoms with van der Waals surface area (Å²) < 4.78 is 26.7. The Hall–Kier alpha value is -2.23. The van der Waals surface area contributed by atoms with E-state index in [4.69, 9.17) is 5.11 Å². The first-order valence-corrected chi connectivity index (χ1v) is 9.81. The first-order valence-electron chi connectivity index (χ1n) is 7.45. The van der Waals surface area contributed by atoms with E-state index in [9.17, 15) is 18.0 Å². The van der Waals surface area contributed by atoms with Crippen LogP contribution in [0.2, 0.25) is 0 Å². The molecule has 0 fully saturated rings. The van der Waals surface area contributed by atoms with Crippen molar-refractivity contribution in [2.45, 2.75) is 30.0 Å². The summed E-state index contributed by atoms with van der Waals surface area (Å²) in [4.78, 5) is 22.7. The Balaban J connectivity index is 1.93. The number of carboxylic acids is 1. The monoisotopic (exact) mass is 382 g/mol. The number of hydrogen-bond acceptors (Lipinski definition) is 5. The summed E-state index contributed by atoms with van der Waals surface area (Å²) in [6.45, 7) is 1.46. The van der Waals surface area contributed by atoms with Crippen LogP contribution in [0.5, 0.6) is 0 Å². The number of aryl methyl sites for hydroxylation is 1. The van der Waals surface area contributed by atoms with Crippen molar-refractivity contribution in [1.82, 2.24) is 4.72 Å². The van der Waals surface area contributed by atoms with Gasteiger partial charge >= 0.3 is 5.97 Å². The van der Waals surface area contributed by atoms with Gasteiger partial charge in [0.15, 0.2) is 0 Å². The Labute approximate surface area is 149 Å². The van der Waals surface area contributed by atoms with Gasteiger partial charge in [0.1, 0.15) is 4.21 Å². The largest absolute Gasteiger partial charge is 0.481 e. The van der Waals surface area contributed by atoms with Crippen LogP contribution in [0.1, 0.15) is 18.9 Å². The minimum atomic E-state index is -3.72. The predicted octanol–water partition coefficient (Wildman–Crippen LogP) is 2.07. The summed E-state index contributed by atoms with van der Waals surface area (Å²) in [7, 11) is -3.72. The number of hydrogen-bond donors (Lipinski definition) is 3. The molecule has 1 unspecified atom stereocenters. The molecule has 1 atom stereocenters. The predicted molar refractivity (Wildman–Crippen MR) is 95.1 cm³/mol.